The van der Waals surface area contributed by atoms with E-state index in [2.05, 4.69) is 10.4 Å². The van der Waals surface area contributed by atoms with Crippen molar-refractivity contribution in [2.75, 3.05) is 6.61 Å². The summed E-state index contributed by atoms with van der Waals surface area (Å²) in [4.78, 5) is 12.5. The number of ether oxygens (including phenoxy) is 1. The molecule has 1 aliphatic heterocycles. The number of carbonyl (C=O) groups is 1. The van der Waals surface area contributed by atoms with Gasteiger partial charge in [0, 0.05) is 24.0 Å². The summed E-state index contributed by atoms with van der Waals surface area (Å²) in [6.07, 6.45) is 2.98. The maximum Gasteiger partial charge on any atom is 0.272 e. The molecular formula is C16H16ClN3O2. The molecule has 22 heavy (non-hydrogen) atoms. The second-order valence-electron chi connectivity index (χ2n) is 5.71. The van der Waals surface area contributed by atoms with Gasteiger partial charge in [-0.1, -0.05) is 23.7 Å². The summed E-state index contributed by atoms with van der Waals surface area (Å²) < 4.78 is 7.56. The van der Waals surface area contributed by atoms with Gasteiger partial charge in [0.2, 0.25) is 5.88 Å². The lowest BCUT2D eigenvalue weighted by atomic mass is 10.1. The fourth-order valence-electron chi connectivity index (χ4n) is 2.67. The summed E-state index contributed by atoms with van der Waals surface area (Å²) in [6.45, 7) is 1.41. The van der Waals surface area contributed by atoms with Gasteiger partial charge in [-0.25, -0.2) is 4.68 Å². The molecule has 0 radical (unpaired) electrons. The molecule has 114 valence electrons. The molecular weight excluding hydrogens is 302 g/mol. The van der Waals surface area contributed by atoms with Crippen molar-refractivity contribution in [3.63, 3.8) is 0 Å². The highest BCUT2D eigenvalue weighted by Gasteiger charge is 2.30. The SMILES string of the molecule is O=C(NC1CC1)c1nn2c(c1-c1cccc(Cl)c1)OCCC2. The highest BCUT2D eigenvalue weighted by atomic mass is 35.5. The van der Waals surface area contributed by atoms with Crippen LogP contribution < -0.4 is 10.1 Å². The van der Waals surface area contributed by atoms with E-state index in [4.69, 9.17) is 16.3 Å². The Morgan fingerprint density at radius 2 is 2.27 bits per heavy atom. The topological polar surface area (TPSA) is 56.2 Å². The number of rotatable bonds is 3. The van der Waals surface area contributed by atoms with Gasteiger partial charge in [0.15, 0.2) is 5.69 Å². The molecule has 1 fully saturated rings. The molecule has 1 N–H and O–H groups in total. The highest BCUT2D eigenvalue weighted by Crippen LogP contribution is 2.36. The van der Waals surface area contributed by atoms with Crippen LogP contribution in [-0.4, -0.2) is 28.3 Å². The first-order valence-corrected chi connectivity index (χ1v) is 7.90. The average Bonchev–Trinajstić information content (AvgIpc) is 3.24. The first-order chi connectivity index (χ1) is 10.7. The second kappa shape index (κ2) is 5.32. The number of hydrogen-bond acceptors (Lipinski definition) is 3. The molecule has 1 amide bonds. The minimum Gasteiger partial charge on any atom is -0.477 e. The minimum absolute atomic E-state index is 0.136. The third kappa shape index (κ3) is 2.46. The van der Waals surface area contributed by atoms with Crippen molar-refractivity contribution in [1.82, 2.24) is 15.1 Å². The van der Waals surface area contributed by atoms with E-state index >= 15 is 0 Å². The zero-order chi connectivity index (χ0) is 15.1. The van der Waals surface area contributed by atoms with Gasteiger partial charge in [-0.05, 0) is 30.5 Å². The average molecular weight is 318 g/mol. The lowest BCUT2D eigenvalue weighted by molar-refractivity contribution is 0.0945. The molecule has 1 aromatic heterocycles. The number of aryl methyl sites for hydroxylation is 1. The van der Waals surface area contributed by atoms with Crippen LogP contribution >= 0.6 is 11.6 Å². The highest BCUT2D eigenvalue weighted by molar-refractivity contribution is 6.30. The monoisotopic (exact) mass is 317 g/mol. The van der Waals surface area contributed by atoms with Crippen LogP contribution in [0.2, 0.25) is 5.02 Å². The Hall–Kier alpha value is -2.01. The van der Waals surface area contributed by atoms with Crippen LogP contribution in [0.5, 0.6) is 5.88 Å². The van der Waals surface area contributed by atoms with Gasteiger partial charge in [-0.15, -0.1) is 0 Å². The summed E-state index contributed by atoms with van der Waals surface area (Å²) in [6, 6.07) is 7.74. The number of amides is 1. The zero-order valence-electron chi connectivity index (χ0n) is 12.0. The van der Waals surface area contributed by atoms with Gasteiger partial charge in [0.25, 0.3) is 5.91 Å². The molecule has 2 aromatic rings. The summed E-state index contributed by atoms with van der Waals surface area (Å²) in [5.41, 5.74) is 2.02. The molecule has 0 atom stereocenters. The summed E-state index contributed by atoms with van der Waals surface area (Å²) in [7, 11) is 0. The Kier molecular flexibility index (Phi) is 3.30. The van der Waals surface area contributed by atoms with Crippen molar-refractivity contribution < 1.29 is 9.53 Å². The number of nitrogens with one attached hydrogen (secondary N) is 1. The zero-order valence-corrected chi connectivity index (χ0v) is 12.8. The molecule has 0 unspecified atom stereocenters. The third-order valence-electron chi connectivity index (χ3n) is 3.90. The van der Waals surface area contributed by atoms with E-state index in [9.17, 15) is 4.79 Å². The number of fused-ring (bicyclic) bond motifs is 1. The van der Waals surface area contributed by atoms with Gasteiger partial charge >= 0.3 is 0 Å². The standard InChI is InChI=1S/C16H16ClN3O2/c17-11-4-1-3-10(9-11)13-14(15(21)18-12-5-6-12)19-20-7-2-8-22-16(13)20/h1,3-4,9,12H,2,5-8H2,(H,18,21). The second-order valence-corrected chi connectivity index (χ2v) is 6.15. The molecule has 4 rings (SSSR count). The first-order valence-electron chi connectivity index (χ1n) is 7.53. The minimum atomic E-state index is -0.136. The molecule has 2 heterocycles. The molecule has 1 aliphatic carbocycles. The summed E-state index contributed by atoms with van der Waals surface area (Å²) >= 11 is 6.10. The molecule has 6 heteroatoms. The van der Waals surface area contributed by atoms with Crippen LogP contribution in [-0.2, 0) is 6.54 Å². The van der Waals surface area contributed by atoms with Crippen molar-refractivity contribution in [3.05, 3.63) is 35.0 Å². The lowest BCUT2D eigenvalue weighted by Gasteiger charge is -2.16. The maximum atomic E-state index is 12.5. The maximum absolute atomic E-state index is 12.5. The van der Waals surface area contributed by atoms with Gasteiger partial charge in [0.1, 0.15) is 0 Å². The predicted octanol–water partition coefficient (Wildman–Crippen LogP) is 2.88. The van der Waals surface area contributed by atoms with E-state index in [0.29, 0.717) is 29.2 Å². The van der Waals surface area contributed by atoms with Gasteiger partial charge in [0.05, 0.1) is 12.2 Å². The third-order valence-corrected chi connectivity index (χ3v) is 4.13. The van der Waals surface area contributed by atoms with E-state index in [1.165, 1.54) is 0 Å². The Morgan fingerprint density at radius 1 is 1.41 bits per heavy atom. The van der Waals surface area contributed by atoms with E-state index in [-0.39, 0.29) is 5.91 Å². The molecule has 0 saturated heterocycles. The number of aromatic nitrogens is 2. The van der Waals surface area contributed by atoms with Gasteiger partial charge in [-0.3, -0.25) is 4.79 Å². The van der Waals surface area contributed by atoms with Crippen LogP contribution in [0.1, 0.15) is 29.8 Å². The fourth-order valence-corrected chi connectivity index (χ4v) is 2.86. The summed E-state index contributed by atoms with van der Waals surface area (Å²) in [5.74, 6) is 0.525. The van der Waals surface area contributed by atoms with Gasteiger partial charge in [-0.2, -0.15) is 5.10 Å². The van der Waals surface area contributed by atoms with Crippen LogP contribution in [0.15, 0.2) is 24.3 Å². The van der Waals surface area contributed by atoms with E-state index in [0.717, 1.165) is 36.9 Å². The normalized spacial score (nSPS) is 16.8. The van der Waals surface area contributed by atoms with Crippen molar-refractivity contribution in [1.29, 1.82) is 0 Å². The molecule has 0 bridgehead atoms. The fraction of sp³-hybridized carbons (Fsp3) is 0.375. The Morgan fingerprint density at radius 3 is 3.05 bits per heavy atom. The van der Waals surface area contributed by atoms with Crippen molar-refractivity contribution in [2.45, 2.75) is 31.8 Å². The van der Waals surface area contributed by atoms with Crippen LogP contribution in [0, 0.1) is 0 Å². The van der Waals surface area contributed by atoms with Gasteiger partial charge < -0.3 is 10.1 Å². The first kappa shape index (κ1) is 13.6. The number of carbonyl (C=O) groups excluding carboxylic acids is 1. The van der Waals surface area contributed by atoms with E-state index in [1.807, 2.05) is 24.3 Å². The van der Waals surface area contributed by atoms with E-state index < -0.39 is 0 Å². The van der Waals surface area contributed by atoms with Crippen LogP contribution in [0.4, 0.5) is 0 Å². The molecule has 5 nitrogen and oxygen atoms in total. The Bertz CT molecular complexity index is 737. The molecule has 1 aromatic carbocycles. The number of hydrogen-bond donors (Lipinski definition) is 1. The van der Waals surface area contributed by atoms with E-state index in [1.54, 1.807) is 4.68 Å². The quantitative estimate of drug-likeness (QED) is 0.947. The largest absolute Gasteiger partial charge is 0.477 e. The predicted molar refractivity (Wildman–Crippen MR) is 83.3 cm³/mol. The number of nitrogens with zero attached hydrogens (tertiary/aromatic N) is 2. The van der Waals surface area contributed by atoms with Crippen molar-refractivity contribution in [3.8, 4) is 17.0 Å². The van der Waals surface area contributed by atoms with Crippen LogP contribution in [0.25, 0.3) is 11.1 Å². The number of benzene rings is 1. The molecule has 2 aliphatic rings. The smallest absolute Gasteiger partial charge is 0.272 e. The van der Waals surface area contributed by atoms with Crippen molar-refractivity contribution >= 4 is 17.5 Å². The number of halogens is 1. The lowest BCUT2D eigenvalue weighted by Crippen LogP contribution is -2.26. The Labute approximate surface area is 133 Å². The Balaban J connectivity index is 1.82. The molecule has 0 spiro atoms. The molecule has 1 saturated carbocycles. The van der Waals surface area contributed by atoms with Crippen LogP contribution in [0.3, 0.4) is 0 Å². The van der Waals surface area contributed by atoms with Crippen molar-refractivity contribution in [2.24, 2.45) is 0 Å². The summed E-state index contributed by atoms with van der Waals surface area (Å²) in [5, 5.41) is 8.10.